The van der Waals surface area contributed by atoms with Gasteiger partial charge in [-0.25, -0.2) is 9.98 Å². The van der Waals surface area contributed by atoms with Crippen molar-refractivity contribution in [2.24, 2.45) is 4.99 Å². The fourth-order valence-corrected chi connectivity index (χ4v) is 4.32. The van der Waals surface area contributed by atoms with Crippen molar-refractivity contribution in [2.75, 3.05) is 0 Å². The molecule has 1 heterocycles. The van der Waals surface area contributed by atoms with Gasteiger partial charge in [-0.2, -0.15) is 0 Å². The molecule has 0 spiro atoms. The van der Waals surface area contributed by atoms with Crippen molar-refractivity contribution >= 4 is 45.8 Å². The number of benzene rings is 2. The number of nitrogens with zero attached hydrogens (tertiary/aromatic N) is 3. The molecule has 0 radical (unpaired) electrons. The van der Waals surface area contributed by atoms with E-state index in [2.05, 4.69) is 16.6 Å². The zero-order valence-corrected chi connectivity index (χ0v) is 16.9. The van der Waals surface area contributed by atoms with Crippen LogP contribution in [0, 0.1) is 17.0 Å². The second-order valence-corrected chi connectivity index (χ2v) is 7.95. The van der Waals surface area contributed by atoms with Crippen LogP contribution in [0.2, 0.25) is 0 Å². The number of hydrogen-bond acceptors (Lipinski definition) is 7. The van der Waals surface area contributed by atoms with Crippen LogP contribution < -0.4 is 0 Å². The number of aliphatic hydroxyl groups is 1. The van der Waals surface area contributed by atoms with Crippen molar-refractivity contribution in [3.05, 3.63) is 70.4 Å². The van der Waals surface area contributed by atoms with Gasteiger partial charge in [0.1, 0.15) is 21.5 Å². The van der Waals surface area contributed by atoms with E-state index in [1.54, 1.807) is 25.3 Å². The summed E-state index contributed by atoms with van der Waals surface area (Å²) < 4.78 is 0. The molecule has 6 nitrogen and oxygen atoms in total. The molecule has 0 fully saturated rings. The Morgan fingerprint density at radius 3 is 2.64 bits per heavy atom. The lowest BCUT2D eigenvalue weighted by molar-refractivity contribution is -0.387. The maximum Gasteiger partial charge on any atom is 0.283 e. The van der Waals surface area contributed by atoms with Crippen LogP contribution in [0.4, 0.5) is 10.7 Å². The molecule has 0 aliphatic heterocycles. The smallest absolute Gasteiger partial charge is 0.283 e. The minimum atomic E-state index is -0.398. The highest BCUT2D eigenvalue weighted by Crippen LogP contribution is 2.41. The average molecular weight is 412 g/mol. The molecule has 0 amide bonds. The SMILES string of the molecule is C=C(O)c1nc(-c2ccc(Sc3ccc(C)cc3)c([N+](=O)[O-])c2)sc1/N=C\C. The van der Waals surface area contributed by atoms with Gasteiger partial charge in [0.05, 0.1) is 9.82 Å². The van der Waals surface area contributed by atoms with Crippen LogP contribution in [-0.4, -0.2) is 21.2 Å². The van der Waals surface area contributed by atoms with Gasteiger partial charge >= 0.3 is 0 Å². The molecule has 0 bridgehead atoms. The number of thiazole rings is 1. The first-order chi connectivity index (χ1) is 13.4. The lowest BCUT2D eigenvalue weighted by atomic mass is 10.2. The molecule has 1 N–H and O–H groups in total. The van der Waals surface area contributed by atoms with Crippen LogP contribution in [-0.2, 0) is 0 Å². The van der Waals surface area contributed by atoms with Gasteiger partial charge in [-0.1, -0.05) is 53.4 Å². The number of rotatable bonds is 6. The molecule has 2 aromatic carbocycles. The van der Waals surface area contributed by atoms with E-state index in [-0.39, 0.29) is 17.1 Å². The Morgan fingerprint density at radius 1 is 1.32 bits per heavy atom. The number of aliphatic imine (C=N–C) groups is 1. The van der Waals surface area contributed by atoms with E-state index in [0.29, 0.717) is 20.5 Å². The van der Waals surface area contributed by atoms with Gasteiger partial charge in [-0.15, -0.1) is 0 Å². The minimum absolute atomic E-state index is 0.00296. The van der Waals surface area contributed by atoms with E-state index in [1.165, 1.54) is 29.2 Å². The van der Waals surface area contributed by atoms with E-state index in [9.17, 15) is 15.2 Å². The standard InChI is InChI=1S/C20H17N3O3S2/c1-4-21-20-18(13(3)24)22-19(28-20)14-7-10-17(16(11-14)23(25)26)27-15-8-5-12(2)6-9-15/h4-11,24H,3H2,1-2H3/b21-4-. The zero-order valence-electron chi connectivity index (χ0n) is 15.2. The highest BCUT2D eigenvalue weighted by Gasteiger charge is 2.20. The first-order valence-electron chi connectivity index (χ1n) is 8.30. The molecule has 142 valence electrons. The normalized spacial score (nSPS) is 11.1. The third kappa shape index (κ3) is 4.29. The Labute approximate surface area is 170 Å². The van der Waals surface area contributed by atoms with Gasteiger partial charge in [0.15, 0.2) is 0 Å². The van der Waals surface area contributed by atoms with Gasteiger partial charge in [0, 0.05) is 22.7 Å². The molecule has 3 rings (SSSR count). The molecular weight excluding hydrogens is 394 g/mol. The summed E-state index contributed by atoms with van der Waals surface area (Å²) in [5, 5.41) is 22.4. The van der Waals surface area contributed by atoms with Crippen LogP contribution in [0.15, 0.2) is 63.8 Å². The summed E-state index contributed by atoms with van der Waals surface area (Å²) in [6.07, 6.45) is 1.59. The lowest BCUT2D eigenvalue weighted by Gasteiger charge is -2.05. The number of aliphatic hydroxyl groups excluding tert-OH is 1. The van der Waals surface area contributed by atoms with Gasteiger partial charge in [-0.05, 0) is 32.0 Å². The van der Waals surface area contributed by atoms with Crippen molar-refractivity contribution in [3.63, 3.8) is 0 Å². The van der Waals surface area contributed by atoms with Crippen molar-refractivity contribution < 1.29 is 10.0 Å². The van der Waals surface area contributed by atoms with Crippen LogP contribution in [0.5, 0.6) is 0 Å². The van der Waals surface area contributed by atoms with Gasteiger partial charge in [0.2, 0.25) is 0 Å². The summed E-state index contributed by atoms with van der Waals surface area (Å²) in [6, 6.07) is 12.8. The molecule has 0 aliphatic carbocycles. The molecule has 8 heteroatoms. The Kier molecular flexibility index (Phi) is 5.91. The van der Waals surface area contributed by atoms with Gasteiger partial charge < -0.3 is 5.11 Å². The van der Waals surface area contributed by atoms with Gasteiger partial charge in [0.25, 0.3) is 5.69 Å². The van der Waals surface area contributed by atoms with Crippen molar-refractivity contribution in [3.8, 4) is 10.6 Å². The summed E-state index contributed by atoms with van der Waals surface area (Å²) in [5.74, 6) is -0.191. The van der Waals surface area contributed by atoms with E-state index < -0.39 is 4.92 Å². The van der Waals surface area contributed by atoms with Crippen molar-refractivity contribution in [1.29, 1.82) is 0 Å². The highest BCUT2D eigenvalue weighted by atomic mass is 32.2. The first kappa shape index (κ1) is 19.8. The highest BCUT2D eigenvalue weighted by molar-refractivity contribution is 7.99. The molecule has 0 aliphatic rings. The molecule has 0 saturated heterocycles. The van der Waals surface area contributed by atoms with E-state index in [1.807, 2.05) is 31.2 Å². The number of nitro groups is 1. The fourth-order valence-electron chi connectivity index (χ4n) is 2.44. The van der Waals surface area contributed by atoms with Crippen LogP contribution in [0.1, 0.15) is 18.2 Å². The van der Waals surface area contributed by atoms with Crippen molar-refractivity contribution in [1.82, 2.24) is 4.98 Å². The van der Waals surface area contributed by atoms with Crippen LogP contribution in [0.3, 0.4) is 0 Å². The maximum atomic E-state index is 11.6. The summed E-state index contributed by atoms with van der Waals surface area (Å²) in [7, 11) is 0. The second kappa shape index (κ2) is 8.37. The topological polar surface area (TPSA) is 88.6 Å². The van der Waals surface area contributed by atoms with E-state index in [4.69, 9.17) is 0 Å². The number of aromatic nitrogens is 1. The fraction of sp³-hybridized carbons (Fsp3) is 0.100. The third-order valence-corrected chi connectivity index (χ3v) is 5.87. The number of hydrogen-bond donors (Lipinski definition) is 1. The Balaban J connectivity index is 2.01. The van der Waals surface area contributed by atoms with Crippen LogP contribution in [0.25, 0.3) is 16.3 Å². The molecule has 28 heavy (non-hydrogen) atoms. The molecule has 1 aromatic heterocycles. The summed E-state index contributed by atoms with van der Waals surface area (Å²) >= 11 is 2.58. The molecule has 0 atom stereocenters. The first-order valence-corrected chi connectivity index (χ1v) is 9.93. The summed E-state index contributed by atoms with van der Waals surface area (Å²) in [4.78, 5) is 21.2. The lowest BCUT2D eigenvalue weighted by Crippen LogP contribution is -1.92. The van der Waals surface area contributed by atoms with E-state index in [0.717, 1.165) is 10.5 Å². The monoisotopic (exact) mass is 411 g/mol. The minimum Gasteiger partial charge on any atom is -0.506 e. The van der Waals surface area contributed by atoms with E-state index >= 15 is 0 Å². The molecule has 3 aromatic rings. The largest absolute Gasteiger partial charge is 0.506 e. The van der Waals surface area contributed by atoms with Gasteiger partial charge in [-0.3, -0.25) is 10.1 Å². The number of aryl methyl sites for hydroxylation is 1. The zero-order chi connectivity index (χ0) is 20.3. The Bertz CT molecular complexity index is 1070. The second-order valence-electron chi connectivity index (χ2n) is 5.86. The molecule has 0 unspecified atom stereocenters. The predicted molar refractivity (Wildman–Crippen MR) is 115 cm³/mol. The Hall–Kier alpha value is -2.97. The third-order valence-electron chi connectivity index (χ3n) is 3.78. The number of nitro benzene ring substituents is 1. The summed E-state index contributed by atoms with van der Waals surface area (Å²) in [5.41, 5.74) is 2.00. The van der Waals surface area contributed by atoms with Crippen molar-refractivity contribution in [2.45, 2.75) is 23.6 Å². The van der Waals surface area contributed by atoms with Crippen LogP contribution >= 0.6 is 23.1 Å². The molecule has 0 saturated carbocycles. The quantitative estimate of drug-likeness (QED) is 0.218. The predicted octanol–water partition coefficient (Wildman–Crippen LogP) is 6.43. The molecular formula is C20H17N3O3S2. The maximum absolute atomic E-state index is 11.6. The average Bonchev–Trinajstić information content (AvgIpc) is 3.08. The Morgan fingerprint density at radius 2 is 2.04 bits per heavy atom. The summed E-state index contributed by atoms with van der Waals surface area (Å²) in [6.45, 7) is 7.25.